The van der Waals surface area contributed by atoms with Crippen molar-refractivity contribution in [3.05, 3.63) is 36.2 Å². The Morgan fingerprint density at radius 1 is 1.23 bits per heavy atom. The molecule has 1 aromatic heterocycles. The Bertz CT molecular complexity index is 832. The van der Waals surface area contributed by atoms with Crippen LogP contribution in [-0.4, -0.2) is 57.3 Å². The van der Waals surface area contributed by atoms with Gasteiger partial charge in [0.1, 0.15) is 5.52 Å². The van der Waals surface area contributed by atoms with Crippen LogP contribution in [0.25, 0.3) is 11.0 Å². The summed E-state index contributed by atoms with van der Waals surface area (Å²) in [5.74, 6) is 0.670. The molecule has 0 radical (unpaired) electrons. The number of fused-ring (bicyclic) bond motifs is 2. The Morgan fingerprint density at radius 2 is 2.08 bits per heavy atom. The molecule has 0 spiro atoms. The number of carbonyl (C=O) groups is 2. The first kappa shape index (κ1) is 16.9. The number of benzene rings is 1. The van der Waals surface area contributed by atoms with E-state index in [1.165, 1.54) is 0 Å². The summed E-state index contributed by atoms with van der Waals surface area (Å²) >= 11 is 0. The van der Waals surface area contributed by atoms with Gasteiger partial charge in [-0.25, -0.2) is 0 Å². The smallest absolute Gasteiger partial charge is 0.256 e. The fourth-order valence-electron chi connectivity index (χ4n) is 4.40. The van der Waals surface area contributed by atoms with Gasteiger partial charge in [0.05, 0.1) is 11.1 Å². The summed E-state index contributed by atoms with van der Waals surface area (Å²) in [4.78, 5) is 38.0. The van der Waals surface area contributed by atoms with Gasteiger partial charge in [-0.3, -0.25) is 19.6 Å². The minimum atomic E-state index is 0.0218. The van der Waals surface area contributed by atoms with E-state index in [-0.39, 0.29) is 17.9 Å². The van der Waals surface area contributed by atoms with Gasteiger partial charge in [-0.2, -0.15) is 0 Å². The van der Waals surface area contributed by atoms with Gasteiger partial charge in [0.15, 0.2) is 0 Å². The molecule has 3 heterocycles. The van der Waals surface area contributed by atoms with E-state index in [2.05, 4.69) is 21.8 Å². The summed E-state index contributed by atoms with van der Waals surface area (Å²) in [6.45, 7) is 4.34. The third kappa shape index (κ3) is 2.93. The number of carbonyl (C=O) groups excluding carboxylic acids is 2. The molecule has 4 rings (SSSR count). The zero-order valence-corrected chi connectivity index (χ0v) is 15.1. The summed E-state index contributed by atoms with van der Waals surface area (Å²) in [5, 5.41) is 0. The number of amides is 2. The first-order chi connectivity index (χ1) is 12.7. The first-order valence-corrected chi connectivity index (χ1v) is 9.47. The summed E-state index contributed by atoms with van der Waals surface area (Å²) in [7, 11) is 0. The molecule has 0 saturated carbocycles. The molecular formula is C20H24N4O2. The number of para-hydroxylation sites is 1. The molecule has 2 aromatic rings. The van der Waals surface area contributed by atoms with Gasteiger partial charge >= 0.3 is 0 Å². The molecule has 6 nitrogen and oxygen atoms in total. The van der Waals surface area contributed by atoms with Crippen molar-refractivity contribution in [3.8, 4) is 0 Å². The largest absolute Gasteiger partial charge is 0.339 e. The third-order valence-corrected chi connectivity index (χ3v) is 5.62. The molecule has 2 fully saturated rings. The van der Waals surface area contributed by atoms with E-state index < -0.39 is 0 Å². The van der Waals surface area contributed by atoms with Crippen LogP contribution >= 0.6 is 0 Å². The first-order valence-electron chi connectivity index (χ1n) is 9.47. The van der Waals surface area contributed by atoms with Crippen molar-refractivity contribution >= 4 is 22.8 Å². The molecule has 2 amide bonds. The number of piperidine rings is 2. The van der Waals surface area contributed by atoms with Crippen LogP contribution in [0.4, 0.5) is 0 Å². The predicted molar refractivity (Wildman–Crippen MR) is 98.6 cm³/mol. The number of nitrogens with zero attached hydrogens (tertiary/aromatic N) is 4. The molecule has 0 N–H and O–H groups in total. The van der Waals surface area contributed by atoms with Gasteiger partial charge in [-0.05, 0) is 37.3 Å². The van der Waals surface area contributed by atoms with Crippen LogP contribution in [0.1, 0.15) is 43.0 Å². The molecule has 1 aromatic carbocycles. The Hall–Kier alpha value is -2.50. The average molecular weight is 352 g/mol. The van der Waals surface area contributed by atoms with Crippen LogP contribution in [0.5, 0.6) is 0 Å². The minimum Gasteiger partial charge on any atom is -0.339 e. The van der Waals surface area contributed by atoms with Crippen molar-refractivity contribution in [2.24, 2.45) is 5.92 Å². The monoisotopic (exact) mass is 352 g/mol. The standard InChI is InChI=1S/C20H24N4O2/c1-2-11-24-17-8-12-23(13-14(17)6-7-18(24)25)20(26)15-4-3-5-16-19(15)22-10-9-21-16/h3-5,9-10,14,17H,2,6-8,11-13H2,1H3/t14-,17+/m0/s1. The lowest BCUT2D eigenvalue weighted by Gasteiger charge is -2.47. The highest BCUT2D eigenvalue weighted by atomic mass is 16.2. The fourth-order valence-corrected chi connectivity index (χ4v) is 4.40. The van der Waals surface area contributed by atoms with Gasteiger partial charge in [-0.15, -0.1) is 0 Å². The third-order valence-electron chi connectivity index (χ3n) is 5.62. The molecule has 6 heteroatoms. The Morgan fingerprint density at radius 3 is 2.92 bits per heavy atom. The maximum atomic E-state index is 13.1. The van der Waals surface area contributed by atoms with E-state index in [4.69, 9.17) is 0 Å². The topological polar surface area (TPSA) is 66.4 Å². The highest BCUT2D eigenvalue weighted by molar-refractivity contribution is 6.04. The summed E-state index contributed by atoms with van der Waals surface area (Å²) < 4.78 is 0. The maximum Gasteiger partial charge on any atom is 0.256 e. The summed E-state index contributed by atoms with van der Waals surface area (Å²) in [6, 6.07) is 5.85. The predicted octanol–water partition coefficient (Wildman–Crippen LogP) is 2.49. The molecule has 0 bridgehead atoms. The van der Waals surface area contributed by atoms with Crippen molar-refractivity contribution in [3.63, 3.8) is 0 Å². The highest BCUT2D eigenvalue weighted by Crippen LogP contribution is 2.32. The van der Waals surface area contributed by atoms with E-state index in [1.807, 2.05) is 23.1 Å². The van der Waals surface area contributed by atoms with E-state index in [1.54, 1.807) is 12.4 Å². The number of hydrogen-bond donors (Lipinski definition) is 0. The lowest BCUT2D eigenvalue weighted by molar-refractivity contribution is -0.140. The molecule has 0 unspecified atom stereocenters. The van der Waals surface area contributed by atoms with Crippen molar-refractivity contribution in [2.75, 3.05) is 19.6 Å². The van der Waals surface area contributed by atoms with E-state index in [0.717, 1.165) is 31.3 Å². The lowest BCUT2D eigenvalue weighted by Crippen LogP contribution is -2.57. The molecule has 136 valence electrons. The fraction of sp³-hybridized carbons (Fsp3) is 0.500. The Labute approximate surface area is 153 Å². The highest BCUT2D eigenvalue weighted by Gasteiger charge is 2.40. The maximum absolute atomic E-state index is 13.1. The van der Waals surface area contributed by atoms with Gasteiger partial charge in [-0.1, -0.05) is 13.0 Å². The zero-order chi connectivity index (χ0) is 18.1. The summed E-state index contributed by atoms with van der Waals surface area (Å²) in [5.41, 5.74) is 2.02. The number of likely N-dealkylation sites (tertiary alicyclic amines) is 2. The van der Waals surface area contributed by atoms with Crippen LogP contribution in [0.15, 0.2) is 30.6 Å². The van der Waals surface area contributed by atoms with Crippen molar-refractivity contribution in [1.82, 2.24) is 19.8 Å². The van der Waals surface area contributed by atoms with Crippen molar-refractivity contribution in [2.45, 2.75) is 38.6 Å². The SMILES string of the molecule is CCCN1C(=O)CC[C@H]2CN(C(=O)c3cccc4nccnc34)CC[C@H]21. The molecule has 2 saturated heterocycles. The van der Waals surface area contributed by atoms with E-state index in [0.29, 0.717) is 36.5 Å². The molecule has 2 atom stereocenters. The van der Waals surface area contributed by atoms with Crippen LogP contribution in [0.2, 0.25) is 0 Å². The second-order valence-corrected chi connectivity index (χ2v) is 7.22. The van der Waals surface area contributed by atoms with Crippen molar-refractivity contribution in [1.29, 1.82) is 0 Å². The van der Waals surface area contributed by atoms with Gasteiger partial charge in [0, 0.05) is 44.5 Å². The van der Waals surface area contributed by atoms with Gasteiger partial charge < -0.3 is 9.80 Å². The van der Waals surface area contributed by atoms with Crippen molar-refractivity contribution < 1.29 is 9.59 Å². The van der Waals surface area contributed by atoms with Crippen LogP contribution in [0.3, 0.4) is 0 Å². The van der Waals surface area contributed by atoms with Gasteiger partial charge in [0.2, 0.25) is 5.91 Å². The quantitative estimate of drug-likeness (QED) is 0.851. The van der Waals surface area contributed by atoms with Crippen LogP contribution in [0, 0.1) is 5.92 Å². The normalized spacial score (nSPS) is 23.2. The molecule has 2 aliphatic heterocycles. The second-order valence-electron chi connectivity index (χ2n) is 7.22. The summed E-state index contributed by atoms with van der Waals surface area (Å²) in [6.07, 6.45) is 6.58. The van der Waals surface area contributed by atoms with E-state index >= 15 is 0 Å². The molecule has 2 aliphatic rings. The van der Waals surface area contributed by atoms with Crippen LogP contribution in [-0.2, 0) is 4.79 Å². The molecular weight excluding hydrogens is 328 g/mol. The molecule has 26 heavy (non-hydrogen) atoms. The van der Waals surface area contributed by atoms with Gasteiger partial charge in [0.25, 0.3) is 5.91 Å². The number of rotatable bonds is 3. The number of hydrogen-bond acceptors (Lipinski definition) is 4. The Kier molecular flexibility index (Phi) is 4.57. The lowest BCUT2D eigenvalue weighted by atomic mass is 9.83. The minimum absolute atomic E-state index is 0.0218. The average Bonchev–Trinajstić information content (AvgIpc) is 2.69. The Balaban J connectivity index is 1.55. The number of aromatic nitrogens is 2. The second kappa shape index (κ2) is 7.02. The van der Waals surface area contributed by atoms with E-state index in [9.17, 15) is 9.59 Å². The molecule has 0 aliphatic carbocycles. The zero-order valence-electron chi connectivity index (χ0n) is 15.1. The van der Waals surface area contributed by atoms with Crippen LogP contribution < -0.4 is 0 Å².